The average Bonchev–Trinajstić information content (AvgIpc) is 2.68. The molecule has 0 aromatic heterocycles. The normalized spacial score (nSPS) is 26.0. The first-order valence-electron chi connectivity index (χ1n) is 13.2. The second kappa shape index (κ2) is 20.0. The van der Waals surface area contributed by atoms with Crippen LogP contribution < -0.4 is 0 Å². The molecular weight excluding hydrogens is 667 g/mol. The van der Waals surface area contributed by atoms with Crippen LogP contribution in [-0.4, -0.2) is 32.2 Å². The molecule has 0 atom stereocenters. The maximum atomic E-state index is 6.76. The molecule has 1 fully saturated rings. The van der Waals surface area contributed by atoms with Crippen molar-refractivity contribution in [3.05, 3.63) is 0 Å². The van der Waals surface area contributed by atoms with E-state index in [0.29, 0.717) is 0 Å². The minimum atomic E-state index is -2.72. The topological polar surface area (TPSA) is 0 Å². The molecule has 0 unspecified atom stereocenters. The van der Waals surface area contributed by atoms with Gasteiger partial charge in [0.05, 0.1) is 0 Å². The van der Waals surface area contributed by atoms with Crippen molar-refractivity contribution in [2.45, 2.75) is 146 Å². The van der Waals surface area contributed by atoms with Crippen LogP contribution in [0, 0.1) is 0 Å². The molecule has 0 bridgehead atoms. The molecule has 1 heterocycles. The van der Waals surface area contributed by atoms with Crippen LogP contribution in [0.4, 0.5) is 0 Å². The first kappa shape index (κ1) is 30.8. The maximum absolute atomic E-state index is 6.76. The third kappa shape index (κ3) is 20.2. The molecule has 1 aliphatic rings. The zero-order valence-electron chi connectivity index (χ0n) is 19.5. The molecule has 0 aromatic carbocycles. The van der Waals surface area contributed by atoms with Crippen molar-refractivity contribution in [3.63, 3.8) is 0 Å². The zero-order chi connectivity index (χ0) is 22.0. The van der Waals surface area contributed by atoms with Gasteiger partial charge in [-0.1, -0.05) is 0 Å². The summed E-state index contributed by atoms with van der Waals surface area (Å²) in [6.45, 7) is 0. The summed E-state index contributed by atoms with van der Waals surface area (Å²) in [5.74, 6) is 0. The monoisotopic (exact) mass is 716 g/mol. The number of hydrogen-bond acceptors (Lipinski definition) is 0. The second-order valence-corrected chi connectivity index (χ2v) is 47.3. The third-order valence-electron chi connectivity index (χ3n) is 6.67. The molecule has 180 valence electrons. The van der Waals surface area contributed by atoms with Gasteiger partial charge in [-0.15, -0.1) is 0 Å². The fourth-order valence-corrected chi connectivity index (χ4v) is 22.0. The summed E-state index contributed by atoms with van der Waals surface area (Å²) in [5.41, 5.74) is 0. The van der Waals surface area contributed by atoms with Gasteiger partial charge in [-0.25, -0.2) is 0 Å². The van der Waals surface area contributed by atoms with Crippen LogP contribution >= 0.6 is 35.7 Å². The second-order valence-electron chi connectivity index (χ2n) is 9.78. The Kier molecular flexibility index (Phi) is 20.5. The Labute approximate surface area is 211 Å². The van der Waals surface area contributed by atoms with Gasteiger partial charge in [-0.05, 0) is 0 Å². The molecular formula is C24H48Cl4Sn2. The molecule has 0 N–H and O–H groups in total. The van der Waals surface area contributed by atoms with Crippen LogP contribution in [-0.2, 0) is 0 Å². The fourth-order valence-electron chi connectivity index (χ4n) is 4.61. The van der Waals surface area contributed by atoms with E-state index >= 15 is 0 Å². The van der Waals surface area contributed by atoms with E-state index in [1.54, 1.807) is 0 Å². The first-order chi connectivity index (χ1) is 14.4. The molecule has 0 nitrogen and oxygen atoms in total. The van der Waals surface area contributed by atoms with Gasteiger partial charge in [-0.3, -0.25) is 0 Å². The van der Waals surface area contributed by atoms with Crippen LogP contribution in [0.3, 0.4) is 0 Å². The van der Waals surface area contributed by atoms with Gasteiger partial charge in [-0.2, -0.15) is 0 Å². The van der Waals surface area contributed by atoms with Crippen molar-refractivity contribution in [1.29, 1.82) is 0 Å². The molecule has 0 saturated carbocycles. The predicted octanol–water partition coefficient (Wildman–Crippen LogP) is 11.6. The summed E-state index contributed by atoms with van der Waals surface area (Å²) in [6.07, 6.45) is 27.0. The minimum absolute atomic E-state index is 1.17. The summed E-state index contributed by atoms with van der Waals surface area (Å²) in [4.78, 5) is 0. The number of hydrogen-bond donors (Lipinski definition) is 0. The van der Waals surface area contributed by atoms with Gasteiger partial charge in [0.2, 0.25) is 0 Å². The Morgan fingerprint density at radius 3 is 0.533 bits per heavy atom. The fraction of sp³-hybridized carbons (Fsp3) is 1.00. The van der Waals surface area contributed by atoms with E-state index in [4.69, 9.17) is 35.7 Å². The quantitative estimate of drug-likeness (QED) is 0.219. The van der Waals surface area contributed by atoms with Gasteiger partial charge >= 0.3 is 214 Å². The molecule has 0 radical (unpaired) electrons. The van der Waals surface area contributed by atoms with Crippen LogP contribution in [0.1, 0.15) is 128 Å². The van der Waals surface area contributed by atoms with E-state index in [9.17, 15) is 0 Å². The summed E-state index contributed by atoms with van der Waals surface area (Å²) in [7, 11) is 27.0. The molecule has 1 aliphatic heterocycles. The number of halogens is 4. The van der Waals surface area contributed by atoms with Crippen LogP contribution in [0.5, 0.6) is 0 Å². The standard InChI is InChI=1S/2C12H24.4ClH.2Sn/c2*1-3-5-7-9-11-12-10-8-6-4-2;;;;;;/h2*1-12H2;4*1H;;/q;;;;;;2*+2/p-4. The average molecular weight is 716 g/mol. The van der Waals surface area contributed by atoms with Crippen molar-refractivity contribution in [1.82, 2.24) is 0 Å². The van der Waals surface area contributed by atoms with E-state index in [2.05, 4.69) is 0 Å². The molecule has 1 saturated heterocycles. The predicted molar refractivity (Wildman–Crippen MR) is 146 cm³/mol. The van der Waals surface area contributed by atoms with Gasteiger partial charge in [0.25, 0.3) is 0 Å². The Hall–Kier alpha value is 2.76. The Morgan fingerprint density at radius 2 is 0.367 bits per heavy atom. The summed E-state index contributed by atoms with van der Waals surface area (Å²) in [6, 6.07) is 0. The van der Waals surface area contributed by atoms with Crippen LogP contribution in [0.15, 0.2) is 0 Å². The van der Waals surface area contributed by atoms with Gasteiger partial charge in [0, 0.05) is 0 Å². The zero-order valence-corrected chi connectivity index (χ0v) is 28.2. The molecule has 0 spiro atoms. The van der Waals surface area contributed by atoms with Gasteiger partial charge in [0.15, 0.2) is 0 Å². The Bertz CT molecular complexity index is 323. The van der Waals surface area contributed by atoms with E-state index in [0.717, 1.165) is 0 Å². The molecule has 0 aromatic rings. The van der Waals surface area contributed by atoms with Crippen LogP contribution in [0.25, 0.3) is 0 Å². The van der Waals surface area contributed by atoms with Crippen molar-refractivity contribution in [3.8, 4) is 0 Å². The molecule has 0 amide bonds. The van der Waals surface area contributed by atoms with Crippen molar-refractivity contribution < 1.29 is 0 Å². The van der Waals surface area contributed by atoms with Crippen molar-refractivity contribution in [2.24, 2.45) is 0 Å². The number of rotatable bonds is 0. The Morgan fingerprint density at radius 1 is 0.233 bits per heavy atom. The summed E-state index contributed by atoms with van der Waals surface area (Å²) in [5, 5.41) is 0. The van der Waals surface area contributed by atoms with E-state index in [1.165, 1.54) is 146 Å². The molecule has 0 aliphatic carbocycles. The third-order valence-corrected chi connectivity index (χ3v) is 29.2. The van der Waals surface area contributed by atoms with E-state index < -0.39 is 32.2 Å². The van der Waals surface area contributed by atoms with Crippen LogP contribution in [0.2, 0.25) is 17.7 Å². The van der Waals surface area contributed by atoms with Gasteiger partial charge in [0.1, 0.15) is 0 Å². The summed E-state index contributed by atoms with van der Waals surface area (Å²) >= 11 is -5.44. The molecule has 1 rings (SSSR count). The first-order valence-corrected chi connectivity index (χ1v) is 35.7. The molecule has 30 heavy (non-hydrogen) atoms. The summed E-state index contributed by atoms with van der Waals surface area (Å²) < 4.78 is 4.69. The van der Waals surface area contributed by atoms with E-state index in [1.807, 2.05) is 0 Å². The van der Waals surface area contributed by atoms with Crippen molar-refractivity contribution in [2.75, 3.05) is 0 Å². The van der Waals surface area contributed by atoms with Crippen molar-refractivity contribution >= 4 is 67.9 Å². The Balaban J connectivity index is 2.24. The SMILES string of the molecule is [Cl][Sn]1([Cl])[CH2]CCCCCCCCCC[CH2][Sn]([Cl])([Cl])[CH2]CCCCCCCCCC[CH2]1. The van der Waals surface area contributed by atoms with E-state index in [-0.39, 0.29) is 0 Å². The van der Waals surface area contributed by atoms with Gasteiger partial charge < -0.3 is 0 Å². The molecule has 6 heteroatoms.